The van der Waals surface area contributed by atoms with Gasteiger partial charge in [0.15, 0.2) is 0 Å². The summed E-state index contributed by atoms with van der Waals surface area (Å²) in [6, 6.07) is 5.91. The minimum atomic E-state index is -0.792. The van der Waals surface area contributed by atoms with Gasteiger partial charge in [-0.15, -0.1) is 0 Å². The van der Waals surface area contributed by atoms with Crippen LogP contribution in [0.1, 0.15) is 17.5 Å². The van der Waals surface area contributed by atoms with Crippen LogP contribution < -0.4 is 4.90 Å². The normalized spacial score (nSPS) is 15.6. The van der Waals surface area contributed by atoms with Crippen LogP contribution in [-0.4, -0.2) is 49.1 Å². The molecule has 0 aliphatic carbocycles. The molecule has 1 aliphatic rings. The number of carboxylic acids is 1. The smallest absolute Gasteiger partial charge is 0.304 e. The first-order valence-electron chi connectivity index (χ1n) is 6.65. The summed E-state index contributed by atoms with van der Waals surface area (Å²) in [7, 11) is 5.55. The zero-order valence-electron chi connectivity index (χ0n) is 12.1. The summed E-state index contributed by atoms with van der Waals surface area (Å²) >= 11 is 0. The molecule has 1 aromatic carbocycles. The van der Waals surface area contributed by atoms with Gasteiger partial charge in [0.05, 0.1) is 12.8 Å². The van der Waals surface area contributed by atoms with Gasteiger partial charge in [-0.1, -0.05) is 12.1 Å². The highest BCUT2D eigenvalue weighted by atomic mass is 16.4. The highest BCUT2D eigenvalue weighted by Crippen LogP contribution is 2.29. The van der Waals surface area contributed by atoms with E-state index in [1.54, 1.807) is 11.9 Å². The quantitative estimate of drug-likeness (QED) is 0.876. The maximum Gasteiger partial charge on any atom is 0.304 e. The average molecular weight is 276 g/mol. The van der Waals surface area contributed by atoms with Crippen LogP contribution in [0.3, 0.4) is 0 Å². The van der Waals surface area contributed by atoms with Gasteiger partial charge in [0, 0.05) is 18.8 Å². The predicted octanol–water partition coefficient (Wildman–Crippen LogP) is 1.15. The predicted molar refractivity (Wildman–Crippen MR) is 77.0 cm³/mol. The van der Waals surface area contributed by atoms with Gasteiger partial charge in [-0.25, -0.2) is 0 Å². The van der Waals surface area contributed by atoms with E-state index in [4.69, 9.17) is 5.11 Å². The fourth-order valence-electron chi connectivity index (χ4n) is 2.56. The summed E-state index contributed by atoms with van der Waals surface area (Å²) < 4.78 is 0. The van der Waals surface area contributed by atoms with Crippen molar-refractivity contribution in [2.75, 3.05) is 26.0 Å². The molecule has 1 unspecified atom stereocenters. The third kappa shape index (κ3) is 2.99. The van der Waals surface area contributed by atoms with Crippen molar-refractivity contribution in [1.29, 1.82) is 0 Å². The Morgan fingerprint density at radius 3 is 2.75 bits per heavy atom. The van der Waals surface area contributed by atoms with Crippen molar-refractivity contribution in [1.82, 2.24) is 4.90 Å². The Labute approximate surface area is 118 Å². The molecule has 0 aromatic heterocycles. The topological polar surface area (TPSA) is 60.9 Å². The molecule has 20 heavy (non-hydrogen) atoms. The molecule has 0 spiro atoms. The number of hydrogen-bond acceptors (Lipinski definition) is 3. The summed E-state index contributed by atoms with van der Waals surface area (Å²) in [6.45, 7) is 0. The summed E-state index contributed by atoms with van der Waals surface area (Å²) in [5, 5.41) is 8.96. The fourth-order valence-corrected chi connectivity index (χ4v) is 2.56. The SMILES string of the molecule is CN1C(=O)Cc2cc(CC(CC(=O)O)N(C)C)ccc21. The standard InChI is InChI=1S/C15H20N2O3/c1-16(2)12(9-15(19)20)7-10-4-5-13-11(6-10)8-14(18)17(13)3/h4-6,12H,7-9H2,1-3H3,(H,19,20). The molecule has 0 saturated heterocycles. The number of nitrogens with zero attached hydrogens (tertiary/aromatic N) is 2. The number of benzene rings is 1. The van der Waals surface area contributed by atoms with Crippen LogP contribution in [0.25, 0.3) is 0 Å². The van der Waals surface area contributed by atoms with Gasteiger partial charge in [0.1, 0.15) is 0 Å². The molecule has 0 radical (unpaired) electrons. The maximum atomic E-state index is 11.7. The number of fused-ring (bicyclic) bond motifs is 1. The lowest BCUT2D eigenvalue weighted by Crippen LogP contribution is -2.32. The molecule has 108 valence electrons. The van der Waals surface area contributed by atoms with Crippen molar-refractivity contribution in [3.05, 3.63) is 29.3 Å². The Hall–Kier alpha value is -1.88. The Morgan fingerprint density at radius 1 is 1.45 bits per heavy atom. The van der Waals surface area contributed by atoms with Crippen LogP contribution >= 0.6 is 0 Å². The van der Waals surface area contributed by atoms with E-state index in [-0.39, 0.29) is 18.4 Å². The monoisotopic (exact) mass is 276 g/mol. The molecule has 5 heteroatoms. The zero-order chi connectivity index (χ0) is 14.9. The molecular formula is C15H20N2O3. The van der Waals surface area contributed by atoms with E-state index in [0.29, 0.717) is 12.8 Å². The first-order valence-corrected chi connectivity index (χ1v) is 6.65. The molecule has 0 bridgehead atoms. The Bertz CT molecular complexity index is 540. The highest BCUT2D eigenvalue weighted by Gasteiger charge is 2.24. The molecule has 1 aromatic rings. The molecule has 0 fully saturated rings. The molecule has 1 aliphatic heterocycles. The van der Waals surface area contributed by atoms with Gasteiger partial charge < -0.3 is 14.9 Å². The molecule has 1 N–H and O–H groups in total. The highest BCUT2D eigenvalue weighted by molar-refractivity contribution is 6.00. The molecule has 5 nitrogen and oxygen atoms in total. The van der Waals surface area contributed by atoms with Crippen LogP contribution in [0.5, 0.6) is 0 Å². The molecule has 1 amide bonds. The lowest BCUT2D eigenvalue weighted by atomic mass is 9.99. The Kier molecular flexibility index (Phi) is 4.09. The van der Waals surface area contributed by atoms with Crippen LogP contribution in [-0.2, 0) is 22.4 Å². The van der Waals surface area contributed by atoms with Crippen molar-refractivity contribution in [3.8, 4) is 0 Å². The lowest BCUT2D eigenvalue weighted by molar-refractivity contribution is -0.138. The zero-order valence-corrected chi connectivity index (χ0v) is 12.1. The van der Waals surface area contributed by atoms with E-state index in [0.717, 1.165) is 16.8 Å². The number of rotatable bonds is 5. The first-order chi connectivity index (χ1) is 9.38. The van der Waals surface area contributed by atoms with E-state index in [2.05, 4.69) is 0 Å². The van der Waals surface area contributed by atoms with Crippen LogP contribution in [0, 0.1) is 0 Å². The lowest BCUT2D eigenvalue weighted by Gasteiger charge is -2.23. The second-order valence-electron chi connectivity index (χ2n) is 5.51. The fraction of sp³-hybridized carbons (Fsp3) is 0.467. The maximum absolute atomic E-state index is 11.7. The summed E-state index contributed by atoms with van der Waals surface area (Å²) in [5.41, 5.74) is 3.06. The number of anilines is 1. The van der Waals surface area contributed by atoms with Gasteiger partial charge in [-0.05, 0) is 37.7 Å². The Balaban J connectivity index is 2.16. The van der Waals surface area contributed by atoms with Crippen molar-refractivity contribution in [3.63, 3.8) is 0 Å². The number of amides is 1. The van der Waals surface area contributed by atoms with Crippen LogP contribution in [0.15, 0.2) is 18.2 Å². The average Bonchev–Trinajstić information content (AvgIpc) is 2.63. The van der Waals surface area contributed by atoms with Crippen molar-refractivity contribution >= 4 is 17.6 Å². The van der Waals surface area contributed by atoms with E-state index in [1.165, 1.54) is 0 Å². The van der Waals surface area contributed by atoms with Crippen LogP contribution in [0.2, 0.25) is 0 Å². The van der Waals surface area contributed by atoms with Crippen molar-refractivity contribution in [2.45, 2.75) is 25.3 Å². The molecule has 1 heterocycles. The van der Waals surface area contributed by atoms with E-state index < -0.39 is 5.97 Å². The second-order valence-corrected chi connectivity index (χ2v) is 5.51. The summed E-state index contributed by atoms with van der Waals surface area (Å²) in [4.78, 5) is 26.2. The van der Waals surface area contributed by atoms with Crippen molar-refractivity contribution < 1.29 is 14.7 Å². The van der Waals surface area contributed by atoms with E-state index in [1.807, 2.05) is 37.2 Å². The summed E-state index contributed by atoms with van der Waals surface area (Å²) in [6.07, 6.45) is 1.22. The number of carbonyl (C=O) groups is 2. The van der Waals surface area contributed by atoms with Gasteiger partial charge in [-0.2, -0.15) is 0 Å². The number of likely N-dealkylation sites (N-methyl/N-ethyl adjacent to an activating group) is 2. The van der Waals surface area contributed by atoms with Gasteiger partial charge >= 0.3 is 5.97 Å². The van der Waals surface area contributed by atoms with Gasteiger partial charge in [0.25, 0.3) is 0 Å². The van der Waals surface area contributed by atoms with E-state index >= 15 is 0 Å². The van der Waals surface area contributed by atoms with E-state index in [9.17, 15) is 9.59 Å². The first kappa shape index (κ1) is 14.5. The molecule has 1 atom stereocenters. The largest absolute Gasteiger partial charge is 0.481 e. The van der Waals surface area contributed by atoms with Crippen LogP contribution in [0.4, 0.5) is 5.69 Å². The number of hydrogen-bond donors (Lipinski definition) is 1. The van der Waals surface area contributed by atoms with Gasteiger partial charge in [-0.3, -0.25) is 9.59 Å². The molecular weight excluding hydrogens is 256 g/mol. The third-order valence-corrected chi connectivity index (χ3v) is 3.83. The molecule has 2 rings (SSSR count). The van der Waals surface area contributed by atoms with Crippen molar-refractivity contribution in [2.24, 2.45) is 0 Å². The number of carbonyl (C=O) groups excluding carboxylic acids is 1. The minimum Gasteiger partial charge on any atom is -0.481 e. The minimum absolute atomic E-state index is 0.0413. The molecule has 0 saturated carbocycles. The number of carboxylic acid groups (broad SMARTS) is 1. The second kappa shape index (κ2) is 5.63. The van der Waals surface area contributed by atoms with Gasteiger partial charge in [0.2, 0.25) is 5.91 Å². The third-order valence-electron chi connectivity index (χ3n) is 3.83. The number of aliphatic carboxylic acids is 1. The Morgan fingerprint density at radius 2 is 2.15 bits per heavy atom. The summed E-state index contributed by atoms with van der Waals surface area (Å²) in [5.74, 6) is -0.688.